The zero-order valence-electron chi connectivity index (χ0n) is 6.58. The van der Waals surface area contributed by atoms with Crippen LogP contribution < -0.4 is 0 Å². The minimum absolute atomic E-state index is 0.119. The van der Waals surface area contributed by atoms with Crippen LogP contribution in [0.1, 0.15) is 11.1 Å². The van der Waals surface area contributed by atoms with Gasteiger partial charge in [0, 0.05) is 4.47 Å². The fourth-order valence-corrected chi connectivity index (χ4v) is 1.80. The van der Waals surface area contributed by atoms with Gasteiger partial charge in [0.25, 0.3) is 0 Å². The largest absolute Gasteiger partial charge is 0.232 e. The van der Waals surface area contributed by atoms with Gasteiger partial charge in [-0.25, -0.2) is 8.42 Å². The van der Waals surface area contributed by atoms with Crippen molar-refractivity contribution in [3.8, 4) is 0 Å². The summed E-state index contributed by atoms with van der Waals surface area (Å²) in [6.45, 7) is 1.96. The summed E-state index contributed by atoms with van der Waals surface area (Å²) in [5.41, 5.74) is 1.93. The first-order valence-electron chi connectivity index (χ1n) is 3.46. The third-order valence-corrected chi connectivity index (χ3v) is 3.03. The summed E-state index contributed by atoms with van der Waals surface area (Å²) < 4.78 is 21.7. The summed E-state index contributed by atoms with van der Waals surface area (Å²) >= 11 is 3.34. The Hall–Kier alpha value is -0.350. The van der Waals surface area contributed by atoms with Crippen LogP contribution in [0.25, 0.3) is 0 Å². The van der Waals surface area contributed by atoms with E-state index >= 15 is 0 Å². The van der Waals surface area contributed by atoms with E-state index in [9.17, 15) is 8.42 Å². The molecule has 0 atom stereocenters. The molecule has 0 bridgehead atoms. The van der Waals surface area contributed by atoms with Crippen LogP contribution >= 0.6 is 15.9 Å². The van der Waals surface area contributed by atoms with Crippen LogP contribution in [-0.2, 0) is 16.5 Å². The Balaban J connectivity index is 2.97. The lowest BCUT2D eigenvalue weighted by Gasteiger charge is -1.99. The summed E-state index contributed by atoms with van der Waals surface area (Å²) in [6.07, 6.45) is 0. The maximum Gasteiger partial charge on any atom is 0.144 e. The minimum Gasteiger partial charge on any atom is -0.232 e. The molecule has 0 spiro atoms. The second-order valence-electron chi connectivity index (χ2n) is 2.57. The van der Waals surface area contributed by atoms with Gasteiger partial charge in [-0.05, 0) is 24.1 Å². The Morgan fingerprint density at radius 3 is 2.58 bits per heavy atom. The highest BCUT2D eigenvalue weighted by Gasteiger charge is 1.97. The lowest BCUT2D eigenvalue weighted by atomic mass is 10.2. The average Bonchev–Trinajstić information content (AvgIpc) is 1.96. The summed E-state index contributed by atoms with van der Waals surface area (Å²) in [5, 5.41) is 0. The SMILES string of the molecule is Cc1ccc(C[SH](=O)=O)cc1Br. The number of benzene rings is 1. The highest BCUT2D eigenvalue weighted by Crippen LogP contribution is 2.17. The van der Waals surface area contributed by atoms with Gasteiger partial charge in [0.15, 0.2) is 0 Å². The van der Waals surface area contributed by atoms with Crippen LogP contribution in [-0.4, -0.2) is 8.42 Å². The quantitative estimate of drug-likeness (QED) is 0.812. The minimum atomic E-state index is -2.32. The molecule has 0 N–H and O–H groups in total. The molecule has 66 valence electrons. The fourth-order valence-electron chi connectivity index (χ4n) is 0.884. The lowest BCUT2D eigenvalue weighted by molar-refractivity contribution is 0.614. The predicted octanol–water partition coefficient (Wildman–Crippen LogP) is 1.87. The standard InChI is InChI=1S/C8H9BrO2S/c1-6-2-3-7(4-8(6)9)5-12(10)11/h2-4,12H,5H2,1H3. The molecule has 0 heterocycles. The van der Waals surface area contributed by atoms with Gasteiger partial charge in [-0.2, -0.15) is 0 Å². The van der Waals surface area contributed by atoms with Crippen molar-refractivity contribution in [3.63, 3.8) is 0 Å². The van der Waals surface area contributed by atoms with Crippen molar-refractivity contribution in [2.75, 3.05) is 0 Å². The summed E-state index contributed by atoms with van der Waals surface area (Å²) in [4.78, 5) is 0. The van der Waals surface area contributed by atoms with Crippen molar-refractivity contribution < 1.29 is 8.42 Å². The van der Waals surface area contributed by atoms with Gasteiger partial charge in [0.05, 0.1) is 5.75 Å². The van der Waals surface area contributed by atoms with Gasteiger partial charge in [0.1, 0.15) is 10.7 Å². The van der Waals surface area contributed by atoms with Crippen molar-refractivity contribution in [1.29, 1.82) is 0 Å². The van der Waals surface area contributed by atoms with Gasteiger partial charge in [0.2, 0.25) is 0 Å². The molecule has 12 heavy (non-hydrogen) atoms. The van der Waals surface area contributed by atoms with Crippen molar-refractivity contribution in [2.24, 2.45) is 0 Å². The zero-order valence-corrected chi connectivity index (χ0v) is 9.06. The second kappa shape index (κ2) is 4.05. The Morgan fingerprint density at radius 2 is 2.08 bits per heavy atom. The highest BCUT2D eigenvalue weighted by atomic mass is 79.9. The van der Waals surface area contributed by atoms with Crippen LogP contribution in [0.2, 0.25) is 0 Å². The number of aryl methyl sites for hydroxylation is 1. The van der Waals surface area contributed by atoms with Crippen LogP contribution in [0, 0.1) is 6.92 Å². The number of hydrogen-bond acceptors (Lipinski definition) is 2. The van der Waals surface area contributed by atoms with E-state index in [0.29, 0.717) is 0 Å². The van der Waals surface area contributed by atoms with Gasteiger partial charge in [-0.1, -0.05) is 28.1 Å². The van der Waals surface area contributed by atoms with Gasteiger partial charge >= 0.3 is 0 Å². The predicted molar refractivity (Wildman–Crippen MR) is 52.9 cm³/mol. The number of rotatable bonds is 2. The van der Waals surface area contributed by atoms with E-state index in [-0.39, 0.29) is 5.75 Å². The van der Waals surface area contributed by atoms with E-state index in [4.69, 9.17) is 0 Å². The van der Waals surface area contributed by atoms with Crippen LogP contribution in [0.4, 0.5) is 0 Å². The molecule has 1 aromatic carbocycles. The van der Waals surface area contributed by atoms with E-state index in [1.165, 1.54) is 0 Å². The Kier molecular flexibility index (Phi) is 3.29. The first-order valence-corrected chi connectivity index (χ1v) is 5.62. The van der Waals surface area contributed by atoms with Crippen molar-refractivity contribution >= 4 is 26.6 Å². The number of thiol groups is 1. The molecule has 4 heteroatoms. The Morgan fingerprint density at radius 1 is 1.42 bits per heavy atom. The lowest BCUT2D eigenvalue weighted by Crippen LogP contribution is -1.87. The van der Waals surface area contributed by atoms with Crippen LogP contribution in [0.5, 0.6) is 0 Å². The molecule has 0 fully saturated rings. The maximum absolute atomic E-state index is 10.4. The zero-order chi connectivity index (χ0) is 9.14. The van der Waals surface area contributed by atoms with Crippen LogP contribution in [0.3, 0.4) is 0 Å². The molecule has 1 rings (SSSR count). The molecule has 2 nitrogen and oxygen atoms in total. The first-order chi connectivity index (χ1) is 5.59. The molecule has 0 aromatic heterocycles. The van der Waals surface area contributed by atoms with Crippen LogP contribution in [0.15, 0.2) is 22.7 Å². The smallest absolute Gasteiger partial charge is 0.144 e. The second-order valence-corrected chi connectivity index (χ2v) is 4.41. The number of halogens is 1. The molecule has 0 aliphatic carbocycles. The molecule has 0 saturated carbocycles. The summed E-state index contributed by atoms with van der Waals surface area (Å²) in [7, 11) is -2.32. The third-order valence-electron chi connectivity index (χ3n) is 1.55. The molecule has 0 aliphatic heterocycles. The van der Waals surface area contributed by atoms with Gasteiger partial charge in [-0.3, -0.25) is 0 Å². The normalized spacial score (nSPS) is 10.6. The summed E-state index contributed by atoms with van der Waals surface area (Å²) in [5.74, 6) is 0.119. The van der Waals surface area contributed by atoms with E-state index in [1.54, 1.807) is 0 Å². The molecule has 0 radical (unpaired) electrons. The van der Waals surface area contributed by atoms with E-state index in [0.717, 1.165) is 15.6 Å². The molecular formula is C8H9BrO2S. The van der Waals surface area contributed by atoms with Crippen molar-refractivity contribution in [3.05, 3.63) is 33.8 Å². The van der Waals surface area contributed by atoms with Gasteiger partial charge < -0.3 is 0 Å². The average molecular weight is 249 g/mol. The number of hydrogen-bond donors (Lipinski definition) is 1. The van der Waals surface area contributed by atoms with Crippen molar-refractivity contribution in [2.45, 2.75) is 12.7 Å². The topological polar surface area (TPSA) is 34.1 Å². The molecule has 0 saturated heterocycles. The first kappa shape index (κ1) is 9.74. The maximum atomic E-state index is 10.4. The van der Waals surface area contributed by atoms with E-state index < -0.39 is 10.7 Å². The van der Waals surface area contributed by atoms with E-state index in [2.05, 4.69) is 15.9 Å². The highest BCUT2D eigenvalue weighted by molar-refractivity contribution is 9.10. The Bertz CT molecular complexity index is 350. The van der Waals surface area contributed by atoms with Gasteiger partial charge in [-0.15, -0.1) is 0 Å². The van der Waals surface area contributed by atoms with Crippen molar-refractivity contribution in [1.82, 2.24) is 0 Å². The Labute approximate surface area is 81.7 Å². The van der Waals surface area contributed by atoms with E-state index in [1.807, 2.05) is 25.1 Å². The summed E-state index contributed by atoms with van der Waals surface area (Å²) in [6, 6.07) is 5.56. The monoisotopic (exact) mass is 248 g/mol. The fraction of sp³-hybridized carbons (Fsp3) is 0.250. The molecular weight excluding hydrogens is 240 g/mol. The molecule has 1 aromatic rings. The third kappa shape index (κ3) is 2.60. The molecule has 0 unspecified atom stereocenters. The molecule has 0 amide bonds. The molecule has 0 aliphatic rings.